The van der Waals surface area contributed by atoms with Gasteiger partial charge in [-0.3, -0.25) is 9.59 Å². The van der Waals surface area contributed by atoms with E-state index in [0.29, 0.717) is 31.2 Å². The fourth-order valence-electron chi connectivity index (χ4n) is 2.58. The summed E-state index contributed by atoms with van der Waals surface area (Å²) in [5, 5.41) is 21.5. The molecular weight excluding hydrogens is 370 g/mol. The predicted molar refractivity (Wildman–Crippen MR) is 109 cm³/mol. The van der Waals surface area contributed by atoms with Crippen molar-refractivity contribution < 1.29 is 9.59 Å². The molecule has 1 aromatic carbocycles. The topological polar surface area (TPSA) is 136 Å². The molecule has 0 bridgehead atoms. The molecule has 0 fully saturated rings. The van der Waals surface area contributed by atoms with E-state index < -0.39 is 6.04 Å². The summed E-state index contributed by atoms with van der Waals surface area (Å²) in [6, 6.07) is 6.92. The lowest BCUT2D eigenvalue weighted by atomic mass is 10.1. The van der Waals surface area contributed by atoms with Gasteiger partial charge in [0.05, 0.1) is 0 Å². The lowest BCUT2D eigenvalue weighted by molar-refractivity contribution is -0.130. The summed E-state index contributed by atoms with van der Waals surface area (Å²) < 4.78 is 0. The number of nitrogens with one attached hydrogen (secondary N) is 2. The maximum atomic E-state index is 12.6. The number of hydrogen-bond acceptors (Lipinski definition) is 7. The first-order valence-electron chi connectivity index (χ1n) is 9.82. The van der Waals surface area contributed by atoms with Crippen LogP contribution in [0.2, 0.25) is 0 Å². The Morgan fingerprint density at radius 1 is 1.00 bits per heavy atom. The number of aromatic nitrogens is 4. The van der Waals surface area contributed by atoms with Crippen molar-refractivity contribution in [3.05, 3.63) is 35.7 Å². The molecule has 29 heavy (non-hydrogen) atoms. The first-order valence-corrected chi connectivity index (χ1v) is 9.82. The quantitative estimate of drug-likeness (QED) is 0.509. The molecule has 0 aliphatic rings. The largest absolute Gasteiger partial charge is 0.350 e. The molecule has 1 atom stereocenters. The van der Waals surface area contributed by atoms with E-state index in [0.717, 1.165) is 24.0 Å². The zero-order valence-corrected chi connectivity index (χ0v) is 17.2. The molecule has 9 heteroatoms. The van der Waals surface area contributed by atoms with Crippen LogP contribution >= 0.6 is 0 Å². The number of aryl methyl sites for hydroxylation is 1. The van der Waals surface area contributed by atoms with E-state index in [1.165, 1.54) is 0 Å². The Morgan fingerprint density at radius 3 is 2.24 bits per heavy atom. The third-order valence-electron chi connectivity index (χ3n) is 4.36. The number of nitrogens with two attached hydrogens (primary N) is 1. The first kappa shape index (κ1) is 22.4. The van der Waals surface area contributed by atoms with Crippen LogP contribution in [0.4, 0.5) is 0 Å². The van der Waals surface area contributed by atoms with Gasteiger partial charge in [0.15, 0.2) is 5.82 Å². The highest BCUT2D eigenvalue weighted by Gasteiger charge is 2.21. The second-order valence-corrected chi connectivity index (χ2v) is 7.19. The van der Waals surface area contributed by atoms with E-state index in [1.807, 2.05) is 24.3 Å². The molecule has 2 amide bonds. The van der Waals surface area contributed by atoms with Crippen LogP contribution in [-0.4, -0.2) is 44.8 Å². The van der Waals surface area contributed by atoms with Gasteiger partial charge < -0.3 is 16.4 Å². The van der Waals surface area contributed by atoms with Crippen LogP contribution in [0, 0.1) is 12.8 Å². The minimum atomic E-state index is -0.561. The molecule has 0 radical (unpaired) electrons. The van der Waals surface area contributed by atoms with Crippen molar-refractivity contribution in [2.45, 2.75) is 52.6 Å². The van der Waals surface area contributed by atoms with E-state index in [-0.39, 0.29) is 17.7 Å². The van der Waals surface area contributed by atoms with Gasteiger partial charge in [-0.05, 0) is 38.3 Å². The molecule has 0 spiro atoms. The van der Waals surface area contributed by atoms with E-state index in [1.54, 1.807) is 20.8 Å². The van der Waals surface area contributed by atoms with Crippen LogP contribution in [0.1, 0.15) is 44.5 Å². The number of rotatable bonds is 10. The molecule has 0 saturated carbocycles. The van der Waals surface area contributed by atoms with Crippen LogP contribution in [-0.2, 0) is 16.1 Å². The summed E-state index contributed by atoms with van der Waals surface area (Å²) in [5.41, 5.74) is 7.25. The van der Waals surface area contributed by atoms with Gasteiger partial charge >= 0.3 is 0 Å². The average Bonchev–Trinajstić information content (AvgIpc) is 2.72. The van der Waals surface area contributed by atoms with Crippen LogP contribution in [0.3, 0.4) is 0 Å². The van der Waals surface area contributed by atoms with Gasteiger partial charge in [-0.2, -0.15) is 0 Å². The molecule has 1 heterocycles. The van der Waals surface area contributed by atoms with Gasteiger partial charge in [-0.15, -0.1) is 20.4 Å². The van der Waals surface area contributed by atoms with E-state index >= 15 is 0 Å². The molecule has 0 aliphatic heterocycles. The lowest BCUT2D eigenvalue weighted by Crippen LogP contribution is -2.47. The first-order chi connectivity index (χ1) is 13.9. The summed E-state index contributed by atoms with van der Waals surface area (Å²) in [4.78, 5) is 24.6. The summed E-state index contributed by atoms with van der Waals surface area (Å²) >= 11 is 0. The van der Waals surface area contributed by atoms with Crippen molar-refractivity contribution in [2.24, 2.45) is 11.7 Å². The van der Waals surface area contributed by atoms with Crippen LogP contribution in [0.15, 0.2) is 24.3 Å². The normalized spacial score (nSPS) is 11.9. The molecule has 2 aromatic rings. The number of amides is 2. The maximum Gasteiger partial charge on any atom is 0.242 e. The van der Waals surface area contributed by atoms with Crippen molar-refractivity contribution in [1.29, 1.82) is 0 Å². The van der Waals surface area contributed by atoms with Crippen LogP contribution in [0.5, 0.6) is 0 Å². The molecule has 156 valence electrons. The van der Waals surface area contributed by atoms with Gasteiger partial charge in [0.1, 0.15) is 6.04 Å². The molecule has 2 rings (SSSR count). The van der Waals surface area contributed by atoms with Crippen LogP contribution < -0.4 is 16.4 Å². The smallest absolute Gasteiger partial charge is 0.242 e. The molecule has 9 nitrogen and oxygen atoms in total. The lowest BCUT2D eigenvalue weighted by Gasteiger charge is -2.19. The molecular formula is C20H29N7O2. The van der Waals surface area contributed by atoms with Crippen molar-refractivity contribution in [3.8, 4) is 11.4 Å². The third kappa shape index (κ3) is 7.19. The summed E-state index contributed by atoms with van der Waals surface area (Å²) in [5.74, 6) is 0.444. The number of benzene rings is 1. The maximum absolute atomic E-state index is 12.6. The Hall–Kier alpha value is -2.94. The summed E-state index contributed by atoms with van der Waals surface area (Å²) in [7, 11) is 0. The molecule has 4 N–H and O–H groups in total. The Morgan fingerprint density at radius 2 is 1.66 bits per heavy atom. The Kier molecular flexibility index (Phi) is 8.60. The molecule has 0 saturated heterocycles. The highest BCUT2D eigenvalue weighted by atomic mass is 16.2. The number of carbonyl (C=O) groups is 2. The number of hydrogen-bond donors (Lipinski definition) is 3. The zero-order chi connectivity index (χ0) is 21.2. The van der Waals surface area contributed by atoms with Gasteiger partial charge in [-0.1, -0.05) is 38.1 Å². The second-order valence-electron chi connectivity index (χ2n) is 7.19. The van der Waals surface area contributed by atoms with E-state index in [9.17, 15) is 9.59 Å². The molecule has 1 aromatic heterocycles. The van der Waals surface area contributed by atoms with Crippen molar-refractivity contribution in [2.75, 3.05) is 6.54 Å². The Bertz CT molecular complexity index is 791. The second kappa shape index (κ2) is 11.2. The zero-order valence-electron chi connectivity index (χ0n) is 17.2. The number of nitrogens with zero attached hydrogens (tertiary/aromatic N) is 4. The minimum Gasteiger partial charge on any atom is -0.350 e. The fraction of sp³-hybridized carbons (Fsp3) is 0.500. The predicted octanol–water partition coefficient (Wildman–Crippen LogP) is 1.13. The third-order valence-corrected chi connectivity index (χ3v) is 4.36. The number of unbranched alkanes of at least 4 members (excludes halogenated alkanes) is 1. The summed E-state index contributed by atoms with van der Waals surface area (Å²) in [6.45, 7) is 6.25. The Balaban J connectivity index is 1.95. The van der Waals surface area contributed by atoms with Crippen molar-refractivity contribution in [3.63, 3.8) is 0 Å². The van der Waals surface area contributed by atoms with Gasteiger partial charge in [-0.25, -0.2) is 0 Å². The SMILES string of the molecule is Cc1nnc(-c2ccc(CNC(=O)[C@H](CCCCN)NC(=O)C(C)C)cc2)nn1. The average molecular weight is 399 g/mol. The fourth-order valence-corrected chi connectivity index (χ4v) is 2.58. The molecule has 0 aliphatic carbocycles. The van der Waals surface area contributed by atoms with Gasteiger partial charge in [0, 0.05) is 18.0 Å². The summed E-state index contributed by atoms with van der Waals surface area (Å²) in [6.07, 6.45) is 2.15. The molecule has 0 unspecified atom stereocenters. The van der Waals surface area contributed by atoms with Crippen molar-refractivity contribution >= 4 is 11.8 Å². The standard InChI is InChI=1S/C20H29N7O2/c1-13(2)19(28)23-17(6-4-5-11-21)20(29)22-12-15-7-9-16(10-8-15)18-26-24-14(3)25-27-18/h7-10,13,17H,4-6,11-12,21H2,1-3H3,(H,22,29)(H,23,28)/t17-/m0/s1. The van der Waals surface area contributed by atoms with E-state index in [2.05, 4.69) is 31.0 Å². The highest BCUT2D eigenvalue weighted by molar-refractivity contribution is 5.88. The van der Waals surface area contributed by atoms with Crippen LogP contribution in [0.25, 0.3) is 11.4 Å². The minimum absolute atomic E-state index is 0.137. The number of carbonyl (C=O) groups excluding carboxylic acids is 2. The van der Waals surface area contributed by atoms with Crippen molar-refractivity contribution in [1.82, 2.24) is 31.0 Å². The van der Waals surface area contributed by atoms with Gasteiger partial charge in [0.25, 0.3) is 0 Å². The van der Waals surface area contributed by atoms with E-state index in [4.69, 9.17) is 5.73 Å². The highest BCUT2D eigenvalue weighted by Crippen LogP contribution is 2.14. The Labute approximate surface area is 170 Å². The monoisotopic (exact) mass is 399 g/mol. The van der Waals surface area contributed by atoms with Gasteiger partial charge in [0.2, 0.25) is 17.6 Å².